The minimum absolute atomic E-state index is 0.0415. The second kappa shape index (κ2) is 5.47. The van der Waals surface area contributed by atoms with E-state index in [1.54, 1.807) is 18.3 Å². The molecule has 1 amide bonds. The van der Waals surface area contributed by atoms with Crippen LogP contribution in [0.15, 0.2) is 54.7 Å². The third-order valence-electron chi connectivity index (χ3n) is 4.11. The van der Waals surface area contributed by atoms with Crippen molar-refractivity contribution in [1.82, 2.24) is 4.98 Å². The summed E-state index contributed by atoms with van der Waals surface area (Å²) in [6, 6.07) is 14.3. The number of pyridine rings is 1. The summed E-state index contributed by atoms with van der Waals surface area (Å²) in [4.78, 5) is 16.1. The molecule has 1 aliphatic rings. The highest BCUT2D eigenvalue weighted by Gasteiger charge is 2.29. The average Bonchev–Trinajstić information content (AvgIpc) is 3.40. The van der Waals surface area contributed by atoms with Gasteiger partial charge in [-0.25, -0.2) is 9.37 Å². The van der Waals surface area contributed by atoms with Crippen LogP contribution >= 0.6 is 0 Å². The molecule has 1 saturated carbocycles. The van der Waals surface area contributed by atoms with Crippen LogP contribution in [-0.4, -0.2) is 10.9 Å². The molecule has 0 radical (unpaired) electrons. The lowest BCUT2D eigenvalue weighted by Crippen LogP contribution is -2.14. The highest BCUT2D eigenvalue weighted by molar-refractivity contribution is 5.95. The van der Waals surface area contributed by atoms with Crippen LogP contribution in [0.25, 0.3) is 21.9 Å². The van der Waals surface area contributed by atoms with E-state index in [1.807, 2.05) is 30.3 Å². The first kappa shape index (κ1) is 13.9. The van der Waals surface area contributed by atoms with E-state index in [0.29, 0.717) is 11.4 Å². The minimum atomic E-state index is -0.242. The lowest BCUT2D eigenvalue weighted by molar-refractivity contribution is -0.117. The molecule has 23 heavy (non-hydrogen) atoms. The Hall–Kier alpha value is -2.75. The zero-order valence-electron chi connectivity index (χ0n) is 12.4. The van der Waals surface area contributed by atoms with Gasteiger partial charge in [0.2, 0.25) is 5.91 Å². The maximum atomic E-state index is 13.9. The highest BCUT2D eigenvalue weighted by atomic mass is 19.1. The second-order valence-electron chi connectivity index (χ2n) is 5.87. The molecule has 2 aromatic carbocycles. The number of hydrogen-bond acceptors (Lipinski definition) is 2. The zero-order chi connectivity index (χ0) is 15.8. The molecule has 4 heteroatoms. The van der Waals surface area contributed by atoms with Crippen LogP contribution in [0.5, 0.6) is 0 Å². The summed E-state index contributed by atoms with van der Waals surface area (Å²) in [6.45, 7) is 0. The SMILES string of the molecule is O=C(Nc1cc2ccc(-c3ccccc3F)cc2cn1)C1CC1. The van der Waals surface area contributed by atoms with E-state index in [4.69, 9.17) is 0 Å². The van der Waals surface area contributed by atoms with Gasteiger partial charge in [-0.05, 0) is 42.0 Å². The Morgan fingerprint density at radius 3 is 2.70 bits per heavy atom. The lowest BCUT2D eigenvalue weighted by Gasteiger charge is -2.07. The summed E-state index contributed by atoms with van der Waals surface area (Å²) in [6.07, 6.45) is 3.64. The number of carbonyl (C=O) groups excluding carboxylic acids is 1. The zero-order valence-corrected chi connectivity index (χ0v) is 12.4. The number of amides is 1. The van der Waals surface area contributed by atoms with Crippen molar-refractivity contribution in [2.45, 2.75) is 12.8 Å². The summed E-state index contributed by atoms with van der Waals surface area (Å²) < 4.78 is 13.9. The van der Waals surface area contributed by atoms with Crippen molar-refractivity contribution in [3.05, 3.63) is 60.5 Å². The normalized spacial score (nSPS) is 14.0. The smallest absolute Gasteiger partial charge is 0.228 e. The molecule has 0 bridgehead atoms. The van der Waals surface area contributed by atoms with E-state index >= 15 is 0 Å². The molecule has 1 N–H and O–H groups in total. The number of rotatable bonds is 3. The maximum Gasteiger partial charge on any atom is 0.228 e. The van der Waals surface area contributed by atoms with Gasteiger partial charge in [0.1, 0.15) is 11.6 Å². The average molecular weight is 306 g/mol. The molecule has 1 aromatic heterocycles. The Morgan fingerprint density at radius 2 is 1.91 bits per heavy atom. The first-order chi connectivity index (χ1) is 11.2. The van der Waals surface area contributed by atoms with E-state index in [9.17, 15) is 9.18 Å². The van der Waals surface area contributed by atoms with Crippen LogP contribution in [0.4, 0.5) is 10.2 Å². The first-order valence-electron chi connectivity index (χ1n) is 7.66. The monoisotopic (exact) mass is 306 g/mol. The molecular weight excluding hydrogens is 291 g/mol. The Bertz CT molecular complexity index is 903. The number of anilines is 1. The fourth-order valence-corrected chi connectivity index (χ4v) is 2.65. The van der Waals surface area contributed by atoms with Gasteiger partial charge >= 0.3 is 0 Å². The van der Waals surface area contributed by atoms with Gasteiger partial charge in [0.15, 0.2) is 0 Å². The molecule has 0 spiro atoms. The summed E-state index contributed by atoms with van der Waals surface area (Å²) in [5.41, 5.74) is 1.38. The van der Waals surface area contributed by atoms with Crippen LogP contribution in [0.3, 0.4) is 0 Å². The van der Waals surface area contributed by atoms with Gasteiger partial charge < -0.3 is 5.32 Å². The summed E-state index contributed by atoms with van der Waals surface area (Å²) in [7, 11) is 0. The van der Waals surface area contributed by atoms with Gasteiger partial charge in [0.25, 0.3) is 0 Å². The second-order valence-corrected chi connectivity index (χ2v) is 5.87. The topological polar surface area (TPSA) is 42.0 Å². The third-order valence-corrected chi connectivity index (χ3v) is 4.11. The molecule has 0 atom stereocenters. The van der Waals surface area contributed by atoms with E-state index in [1.165, 1.54) is 6.07 Å². The van der Waals surface area contributed by atoms with Crippen LogP contribution < -0.4 is 5.32 Å². The van der Waals surface area contributed by atoms with Gasteiger partial charge in [-0.1, -0.05) is 30.3 Å². The Balaban J connectivity index is 1.67. The van der Waals surface area contributed by atoms with Gasteiger partial charge in [-0.2, -0.15) is 0 Å². The van der Waals surface area contributed by atoms with E-state index < -0.39 is 0 Å². The number of fused-ring (bicyclic) bond motifs is 1. The number of benzene rings is 2. The number of halogens is 1. The van der Waals surface area contributed by atoms with Crippen molar-refractivity contribution in [1.29, 1.82) is 0 Å². The fraction of sp³-hybridized carbons (Fsp3) is 0.158. The van der Waals surface area contributed by atoms with Crippen LogP contribution in [0, 0.1) is 11.7 Å². The predicted molar refractivity (Wildman–Crippen MR) is 88.5 cm³/mol. The van der Waals surface area contributed by atoms with Gasteiger partial charge in [0.05, 0.1) is 0 Å². The van der Waals surface area contributed by atoms with Crippen molar-refractivity contribution in [2.75, 3.05) is 5.32 Å². The quantitative estimate of drug-likeness (QED) is 0.780. The number of aromatic nitrogens is 1. The minimum Gasteiger partial charge on any atom is -0.310 e. The third kappa shape index (κ3) is 2.80. The van der Waals surface area contributed by atoms with Gasteiger partial charge in [-0.15, -0.1) is 0 Å². The van der Waals surface area contributed by atoms with Crippen LogP contribution in [-0.2, 0) is 4.79 Å². The molecule has 1 aliphatic carbocycles. The molecule has 1 fully saturated rings. The summed E-state index contributed by atoms with van der Waals surface area (Å²) >= 11 is 0. The van der Waals surface area contributed by atoms with Crippen molar-refractivity contribution >= 4 is 22.5 Å². The van der Waals surface area contributed by atoms with Crippen LogP contribution in [0.2, 0.25) is 0 Å². The fourth-order valence-electron chi connectivity index (χ4n) is 2.65. The molecular formula is C19H15FN2O. The standard InChI is InChI=1S/C19H15FN2O/c20-17-4-2-1-3-16(17)14-8-7-13-10-18(21-11-15(13)9-14)22-19(23)12-5-6-12/h1-4,7-12H,5-6H2,(H,21,22,23). The molecule has 3 aromatic rings. The molecule has 3 nitrogen and oxygen atoms in total. The molecule has 1 heterocycles. The van der Waals surface area contributed by atoms with Gasteiger partial charge in [-0.3, -0.25) is 4.79 Å². The lowest BCUT2D eigenvalue weighted by atomic mass is 10.0. The van der Waals surface area contributed by atoms with Crippen molar-refractivity contribution in [2.24, 2.45) is 5.92 Å². The molecule has 0 unspecified atom stereocenters. The molecule has 0 saturated heterocycles. The van der Waals surface area contributed by atoms with Gasteiger partial charge in [0, 0.05) is 23.1 Å². The number of nitrogens with one attached hydrogen (secondary N) is 1. The summed E-state index contributed by atoms with van der Waals surface area (Å²) in [5.74, 6) is 0.511. The van der Waals surface area contributed by atoms with Crippen molar-refractivity contribution in [3.8, 4) is 11.1 Å². The molecule has 4 rings (SSSR count). The Kier molecular flexibility index (Phi) is 3.30. The van der Waals surface area contributed by atoms with Crippen molar-refractivity contribution < 1.29 is 9.18 Å². The molecule has 0 aliphatic heterocycles. The van der Waals surface area contributed by atoms with E-state index in [2.05, 4.69) is 10.3 Å². The number of carbonyl (C=O) groups is 1. The first-order valence-corrected chi connectivity index (χ1v) is 7.66. The van der Waals surface area contributed by atoms with Crippen molar-refractivity contribution in [3.63, 3.8) is 0 Å². The molecule has 114 valence electrons. The van der Waals surface area contributed by atoms with Crippen LogP contribution in [0.1, 0.15) is 12.8 Å². The Morgan fingerprint density at radius 1 is 1.09 bits per heavy atom. The maximum absolute atomic E-state index is 13.9. The largest absolute Gasteiger partial charge is 0.310 e. The van der Waals surface area contributed by atoms with E-state index in [-0.39, 0.29) is 17.6 Å². The highest BCUT2D eigenvalue weighted by Crippen LogP contribution is 2.31. The summed E-state index contributed by atoms with van der Waals surface area (Å²) in [5, 5.41) is 4.72. The van der Waals surface area contributed by atoms with E-state index in [0.717, 1.165) is 29.2 Å². The predicted octanol–water partition coefficient (Wildman–Crippen LogP) is 4.39. The number of nitrogens with zero attached hydrogens (tertiary/aromatic N) is 1. The Labute approximate surface area is 133 Å². The number of hydrogen-bond donors (Lipinski definition) is 1.